The quantitative estimate of drug-likeness (QED) is 0.901. The van der Waals surface area contributed by atoms with E-state index in [9.17, 15) is 14.7 Å². The second kappa shape index (κ2) is 7.22. The lowest BCUT2D eigenvalue weighted by atomic mass is 10.0. The maximum atomic E-state index is 12.4. The molecule has 1 N–H and O–H groups in total. The summed E-state index contributed by atoms with van der Waals surface area (Å²) in [7, 11) is 0. The number of piperidine rings is 1. The molecular weight excluding hydrogens is 270 g/mol. The average molecular weight is 291 g/mol. The van der Waals surface area contributed by atoms with Crippen molar-refractivity contribution in [1.29, 1.82) is 0 Å². The van der Waals surface area contributed by atoms with Crippen molar-refractivity contribution in [2.24, 2.45) is 0 Å². The number of benzene rings is 1. The number of amides is 1. The first-order chi connectivity index (χ1) is 10.1. The highest BCUT2D eigenvalue weighted by Crippen LogP contribution is 2.19. The molecule has 114 valence electrons. The highest BCUT2D eigenvalue weighted by Gasteiger charge is 2.34. The first-order valence-corrected chi connectivity index (χ1v) is 7.28. The van der Waals surface area contributed by atoms with Gasteiger partial charge in [-0.3, -0.25) is 4.79 Å². The van der Waals surface area contributed by atoms with E-state index in [1.165, 1.54) is 4.90 Å². The first-order valence-electron chi connectivity index (χ1n) is 7.28. The Labute approximate surface area is 124 Å². The number of likely N-dealkylation sites (tertiary alicyclic amines) is 1. The van der Waals surface area contributed by atoms with E-state index in [0.29, 0.717) is 19.6 Å². The number of aliphatic carboxylic acids is 1. The van der Waals surface area contributed by atoms with Crippen molar-refractivity contribution in [3.05, 3.63) is 35.9 Å². The van der Waals surface area contributed by atoms with Gasteiger partial charge in [-0.1, -0.05) is 30.3 Å². The summed E-state index contributed by atoms with van der Waals surface area (Å²) < 4.78 is 5.59. The maximum absolute atomic E-state index is 12.4. The minimum absolute atomic E-state index is 0.238. The van der Waals surface area contributed by atoms with Gasteiger partial charge in [-0.2, -0.15) is 0 Å². The minimum Gasteiger partial charge on any atom is -0.480 e. The van der Waals surface area contributed by atoms with Crippen LogP contribution >= 0.6 is 0 Å². The molecule has 1 heterocycles. The van der Waals surface area contributed by atoms with Crippen LogP contribution in [0.4, 0.5) is 0 Å². The molecule has 5 heteroatoms. The van der Waals surface area contributed by atoms with Crippen LogP contribution in [0.5, 0.6) is 0 Å². The molecule has 0 saturated carbocycles. The van der Waals surface area contributed by atoms with E-state index in [4.69, 9.17) is 4.74 Å². The summed E-state index contributed by atoms with van der Waals surface area (Å²) in [5.74, 6) is -1.17. The van der Waals surface area contributed by atoms with E-state index in [0.717, 1.165) is 18.4 Å². The fourth-order valence-corrected chi connectivity index (χ4v) is 2.55. The molecule has 1 aliphatic heterocycles. The number of nitrogens with zero attached hydrogens (tertiary/aromatic N) is 1. The Bertz CT molecular complexity index is 488. The van der Waals surface area contributed by atoms with Gasteiger partial charge in [-0.15, -0.1) is 0 Å². The smallest absolute Gasteiger partial charge is 0.326 e. The topological polar surface area (TPSA) is 66.8 Å². The fourth-order valence-electron chi connectivity index (χ4n) is 2.55. The van der Waals surface area contributed by atoms with Crippen molar-refractivity contribution < 1.29 is 19.4 Å². The van der Waals surface area contributed by atoms with Crippen LogP contribution in [-0.4, -0.2) is 40.6 Å². The Balaban J connectivity index is 1.93. The summed E-state index contributed by atoms with van der Waals surface area (Å²) in [6.45, 7) is 2.52. The third-order valence-electron chi connectivity index (χ3n) is 3.76. The van der Waals surface area contributed by atoms with Gasteiger partial charge in [0.25, 0.3) is 5.91 Å². The van der Waals surface area contributed by atoms with E-state index in [-0.39, 0.29) is 5.91 Å². The molecule has 0 radical (unpaired) electrons. The van der Waals surface area contributed by atoms with Crippen molar-refractivity contribution in [2.75, 3.05) is 6.54 Å². The highest BCUT2D eigenvalue weighted by atomic mass is 16.5. The number of hydrogen-bond acceptors (Lipinski definition) is 3. The molecule has 0 unspecified atom stereocenters. The lowest BCUT2D eigenvalue weighted by molar-refractivity contribution is -0.157. The number of carbonyl (C=O) groups is 2. The molecule has 1 aliphatic rings. The van der Waals surface area contributed by atoms with Gasteiger partial charge in [0.15, 0.2) is 0 Å². The number of carbonyl (C=O) groups excluding carboxylic acids is 1. The molecule has 1 aromatic rings. The van der Waals surface area contributed by atoms with Crippen LogP contribution in [-0.2, 0) is 20.9 Å². The fraction of sp³-hybridized carbons (Fsp3) is 0.500. The van der Waals surface area contributed by atoms with Crippen LogP contribution in [0.3, 0.4) is 0 Å². The third kappa shape index (κ3) is 4.04. The molecule has 1 fully saturated rings. The molecule has 1 aromatic carbocycles. The average Bonchev–Trinajstić information content (AvgIpc) is 2.52. The zero-order valence-electron chi connectivity index (χ0n) is 12.2. The zero-order valence-corrected chi connectivity index (χ0v) is 12.2. The Morgan fingerprint density at radius 2 is 2.05 bits per heavy atom. The van der Waals surface area contributed by atoms with Gasteiger partial charge >= 0.3 is 5.97 Å². The molecule has 5 nitrogen and oxygen atoms in total. The number of hydrogen-bond donors (Lipinski definition) is 1. The van der Waals surface area contributed by atoms with Gasteiger partial charge < -0.3 is 14.7 Å². The first kappa shape index (κ1) is 15.5. The zero-order chi connectivity index (χ0) is 15.2. The van der Waals surface area contributed by atoms with Crippen molar-refractivity contribution >= 4 is 11.9 Å². The van der Waals surface area contributed by atoms with Crippen LogP contribution in [0.25, 0.3) is 0 Å². The molecule has 1 amide bonds. The van der Waals surface area contributed by atoms with Crippen molar-refractivity contribution in [3.8, 4) is 0 Å². The lowest BCUT2D eigenvalue weighted by Gasteiger charge is -2.34. The third-order valence-corrected chi connectivity index (χ3v) is 3.76. The predicted octanol–water partition coefficient (Wildman–Crippen LogP) is 2.06. The van der Waals surface area contributed by atoms with Gasteiger partial charge in [-0.05, 0) is 31.7 Å². The number of rotatable bonds is 5. The molecule has 2 rings (SSSR count). The molecule has 2 atom stereocenters. The van der Waals surface area contributed by atoms with Gasteiger partial charge in [0.2, 0.25) is 0 Å². The summed E-state index contributed by atoms with van der Waals surface area (Å²) >= 11 is 0. The molecule has 0 bridgehead atoms. The summed E-state index contributed by atoms with van der Waals surface area (Å²) in [5.41, 5.74) is 0.991. The molecule has 0 aromatic heterocycles. The monoisotopic (exact) mass is 291 g/mol. The SMILES string of the molecule is C[C@@H](OCc1ccccc1)C(=O)N1CCCC[C@H]1C(=O)O. The molecule has 1 saturated heterocycles. The Morgan fingerprint density at radius 1 is 1.33 bits per heavy atom. The Kier molecular flexibility index (Phi) is 5.33. The molecule has 21 heavy (non-hydrogen) atoms. The van der Waals surface area contributed by atoms with Gasteiger partial charge in [-0.25, -0.2) is 4.79 Å². The van der Waals surface area contributed by atoms with E-state index >= 15 is 0 Å². The van der Waals surface area contributed by atoms with Crippen molar-refractivity contribution in [1.82, 2.24) is 4.90 Å². The maximum Gasteiger partial charge on any atom is 0.326 e. The largest absolute Gasteiger partial charge is 0.480 e. The van der Waals surface area contributed by atoms with E-state index in [1.807, 2.05) is 30.3 Å². The van der Waals surface area contributed by atoms with Crippen LogP contribution in [0, 0.1) is 0 Å². The molecule has 0 aliphatic carbocycles. The van der Waals surface area contributed by atoms with Crippen LogP contribution in [0.15, 0.2) is 30.3 Å². The highest BCUT2D eigenvalue weighted by molar-refractivity contribution is 5.86. The Morgan fingerprint density at radius 3 is 2.71 bits per heavy atom. The minimum atomic E-state index is -0.932. The van der Waals surface area contributed by atoms with Gasteiger partial charge in [0.1, 0.15) is 12.1 Å². The van der Waals surface area contributed by atoms with Gasteiger partial charge in [0.05, 0.1) is 6.61 Å². The van der Waals surface area contributed by atoms with Crippen molar-refractivity contribution in [2.45, 2.75) is 44.9 Å². The van der Waals surface area contributed by atoms with E-state index in [1.54, 1.807) is 6.92 Å². The van der Waals surface area contributed by atoms with Gasteiger partial charge in [0, 0.05) is 6.54 Å². The lowest BCUT2D eigenvalue weighted by Crippen LogP contribution is -2.51. The summed E-state index contributed by atoms with van der Waals surface area (Å²) in [6.07, 6.45) is 1.58. The summed E-state index contributed by atoms with van der Waals surface area (Å²) in [4.78, 5) is 25.1. The normalized spacial score (nSPS) is 20.0. The standard InChI is InChI=1S/C16H21NO4/c1-12(21-11-13-7-3-2-4-8-13)15(18)17-10-6-5-9-14(17)16(19)20/h2-4,7-8,12,14H,5-6,9-11H2,1H3,(H,19,20)/t12-,14+/m1/s1. The van der Waals surface area contributed by atoms with E-state index in [2.05, 4.69) is 0 Å². The van der Waals surface area contributed by atoms with Crippen LogP contribution in [0.1, 0.15) is 31.7 Å². The Hall–Kier alpha value is -1.88. The summed E-state index contributed by atoms with van der Waals surface area (Å²) in [6, 6.07) is 8.89. The van der Waals surface area contributed by atoms with Crippen LogP contribution in [0.2, 0.25) is 0 Å². The number of carboxylic acids is 1. The van der Waals surface area contributed by atoms with Crippen LogP contribution < -0.4 is 0 Å². The molecular formula is C16H21NO4. The van der Waals surface area contributed by atoms with Crippen molar-refractivity contribution in [3.63, 3.8) is 0 Å². The number of ether oxygens (including phenoxy) is 1. The second-order valence-electron chi connectivity index (χ2n) is 5.32. The second-order valence-corrected chi connectivity index (χ2v) is 5.32. The predicted molar refractivity (Wildman–Crippen MR) is 77.7 cm³/mol. The van der Waals surface area contributed by atoms with E-state index < -0.39 is 18.1 Å². The summed E-state index contributed by atoms with van der Waals surface area (Å²) in [5, 5.41) is 9.21. The number of carboxylic acid groups (broad SMARTS) is 1. The molecule has 0 spiro atoms.